The zero-order valence-electron chi connectivity index (χ0n) is 17.4. The van der Waals surface area contributed by atoms with Crippen LogP contribution in [0.5, 0.6) is 5.75 Å². The Labute approximate surface area is 168 Å². The highest BCUT2D eigenvalue weighted by Gasteiger charge is 2.17. The van der Waals surface area contributed by atoms with E-state index in [4.69, 9.17) is 4.74 Å². The molecule has 1 atom stereocenters. The number of ether oxygens (including phenoxy) is 1. The number of unbranched alkanes of at least 4 members (excludes halogenated alkanes) is 2. The number of benzene rings is 3. The predicted molar refractivity (Wildman–Crippen MR) is 119 cm³/mol. The molecular weight excluding hydrogens is 346 g/mol. The normalized spacial score (nSPS) is 12.8. The molecule has 0 amide bonds. The lowest BCUT2D eigenvalue weighted by molar-refractivity contribution is 0.112. The highest BCUT2D eigenvalue weighted by atomic mass is 16.5. The van der Waals surface area contributed by atoms with Crippen LogP contribution in [0.3, 0.4) is 0 Å². The molecule has 150 valence electrons. The van der Waals surface area contributed by atoms with Crippen molar-refractivity contribution in [3.05, 3.63) is 54.1 Å². The van der Waals surface area contributed by atoms with Gasteiger partial charge in [0.25, 0.3) is 0 Å². The van der Waals surface area contributed by atoms with Gasteiger partial charge in [0.15, 0.2) is 0 Å². The first-order chi connectivity index (χ1) is 13.7. The minimum Gasteiger partial charge on any atom is -0.497 e. The monoisotopic (exact) mass is 379 g/mol. The zero-order valence-corrected chi connectivity index (χ0v) is 17.4. The molecule has 3 aromatic carbocycles. The molecule has 0 bridgehead atoms. The maximum Gasteiger partial charge on any atom is 0.119 e. The molecule has 1 unspecified atom stereocenters. The number of nitrogens with zero attached hydrogens (tertiary/aromatic N) is 1. The Balaban J connectivity index is 1.98. The molecule has 3 nitrogen and oxygen atoms in total. The fourth-order valence-electron chi connectivity index (χ4n) is 3.91. The number of hydrogen-bond donors (Lipinski definition) is 1. The third-order valence-corrected chi connectivity index (χ3v) is 5.55. The third kappa shape index (κ3) is 4.65. The second-order valence-electron chi connectivity index (χ2n) is 7.62. The molecular formula is C25H33NO2. The second-order valence-corrected chi connectivity index (χ2v) is 7.62. The molecule has 3 rings (SSSR count). The van der Waals surface area contributed by atoms with Crippen molar-refractivity contribution in [1.82, 2.24) is 4.90 Å². The summed E-state index contributed by atoms with van der Waals surface area (Å²) in [6.45, 7) is 7.23. The number of fused-ring (bicyclic) bond motifs is 3. The van der Waals surface area contributed by atoms with E-state index in [-0.39, 0.29) is 0 Å². The van der Waals surface area contributed by atoms with Gasteiger partial charge in [0, 0.05) is 6.54 Å². The number of rotatable bonds is 10. The average Bonchev–Trinajstić information content (AvgIpc) is 2.74. The van der Waals surface area contributed by atoms with Gasteiger partial charge in [-0.05, 0) is 71.2 Å². The van der Waals surface area contributed by atoms with Crippen molar-refractivity contribution in [2.45, 2.75) is 45.6 Å². The molecule has 0 aliphatic carbocycles. The van der Waals surface area contributed by atoms with Gasteiger partial charge in [-0.1, -0.05) is 57.0 Å². The molecule has 0 fully saturated rings. The van der Waals surface area contributed by atoms with Gasteiger partial charge in [-0.3, -0.25) is 0 Å². The van der Waals surface area contributed by atoms with Gasteiger partial charge < -0.3 is 14.7 Å². The summed E-state index contributed by atoms with van der Waals surface area (Å²) >= 11 is 0. The number of methoxy groups -OCH3 is 1. The Morgan fingerprint density at radius 2 is 1.57 bits per heavy atom. The Morgan fingerprint density at radius 1 is 0.893 bits per heavy atom. The summed E-state index contributed by atoms with van der Waals surface area (Å²) in [5.41, 5.74) is 1.02. The highest BCUT2D eigenvalue weighted by Crippen LogP contribution is 2.34. The minimum atomic E-state index is -0.495. The van der Waals surface area contributed by atoms with Crippen LogP contribution in [0.4, 0.5) is 0 Å². The second kappa shape index (κ2) is 9.90. The highest BCUT2D eigenvalue weighted by molar-refractivity contribution is 6.09. The van der Waals surface area contributed by atoms with Gasteiger partial charge in [-0.15, -0.1) is 0 Å². The molecule has 28 heavy (non-hydrogen) atoms. The van der Waals surface area contributed by atoms with Crippen molar-refractivity contribution >= 4 is 21.5 Å². The summed E-state index contributed by atoms with van der Waals surface area (Å²) < 4.78 is 5.42. The Morgan fingerprint density at radius 3 is 2.21 bits per heavy atom. The van der Waals surface area contributed by atoms with Crippen LogP contribution >= 0.6 is 0 Å². The fraction of sp³-hybridized carbons (Fsp3) is 0.440. The van der Waals surface area contributed by atoms with E-state index in [0.29, 0.717) is 6.54 Å². The van der Waals surface area contributed by atoms with Crippen molar-refractivity contribution in [2.75, 3.05) is 26.7 Å². The first-order valence-electron chi connectivity index (χ1n) is 10.6. The molecule has 0 spiro atoms. The van der Waals surface area contributed by atoms with Gasteiger partial charge in [0.2, 0.25) is 0 Å². The summed E-state index contributed by atoms with van der Waals surface area (Å²) in [7, 11) is 1.70. The fourth-order valence-corrected chi connectivity index (χ4v) is 3.91. The molecule has 0 radical (unpaired) electrons. The Kier molecular flexibility index (Phi) is 7.30. The third-order valence-electron chi connectivity index (χ3n) is 5.55. The number of hydrogen-bond acceptors (Lipinski definition) is 3. The van der Waals surface area contributed by atoms with Crippen LogP contribution < -0.4 is 4.74 Å². The zero-order chi connectivity index (χ0) is 19.9. The van der Waals surface area contributed by atoms with E-state index < -0.39 is 6.10 Å². The van der Waals surface area contributed by atoms with Crippen LogP contribution in [0.25, 0.3) is 21.5 Å². The van der Waals surface area contributed by atoms with Gasteiger partial charge in [0.05, 0.1) is 13.2 Å². The molecule has 0 aliphatic heterocycles. The summed E-state index contributed by atoms with van der Waals surface area (Å²) in [5.74, 6) is 0.858. The van der Waals surface area contributed by atoms with Crippen molar-refractivity contribution in [3.8, 4) is 5.75 Å². The Bertz CT molecular complexity index is 898. The first kappa shape index (κ1) is 20.6. The van der Waals surface area contributed by atoms with Gasteiger partial charge in [-0.2, -0.15) is 0 Å². The van der Waals surface area contributed by atoms with Crippen LogP contribution in [-0.4, -0.2) is 36.8 Å². The topological polar surface area (TPSA) is 32.7 Å². The minimum absolute atomic E-state index is 0.495. The van der Waals surface area contributed by atoms with Crippen molar-refractivity contribution in [1.29, 1.82) is 0 Å². The first-order valence-corrected chi connectivity index (χ1v) is 10.6. The lowest BCUT2D eigenvalue weighted by atomic mass is 9.94. The average molecular weight is 380 g/mol. The molecule has 0 aliphatic rings. The molecule has 3 heteroatoms. The van der Waals surface area contributed by atoms with Crippen molar-refractivity contribution in [3.63, 3.8) is 0 Å². The molecule has 3 aromatic rings. The molecule has 0 heterocycles. The van der Waals surface area contributed by atoms with E-state index >= 15 is 0 Å². The van der Waals surface area contributed by atoms with Crippen LogP contribution in [0.15, 0.2) is 48.5 Å². The van der Waals surface area contributed by atoms with Crippen LogP contribution in [-0.2, 0) is 0 Å². The molecule has 0 aromatic heterocycles. The van der Waals surface area contributed by atoms with Gasteiger partial charge in [-0.25, -0.2) is 0 Å². The largest absolute Gasteiger partial charge is 0.497 e. The number of aliphatic hydroxyl groups excluding tert-OH is 1. The quantitative estimate of drug-likeness (QED) is 0.443. The van der Waals surface area contributed by atoms with Crippen LogP contribution in [0, 0.1) is 0 Å². The van der Waals surface area contributed by atoms with Crippen LogP contribution in [0.1, 0.15) is 51.2 Å². The van der Waals surface area contributed by atoms with E-state index in [9.17, 15) is 5.11 Å². The Hall–Kier alpha value is -2.10. The summed E-state index contributed by atoms with van der Waals surface area (Å²) in [5, 5.41) is 15.8. The van der Waals surface area contributed by atoms with E-state index in [1.165, 1.54) is 36.5 Å². The van der Waals surface area contributed by atoms with E-state index in [1.807, 2.05) is 6.07 Å². The predicted octanol–water partition coefficient (Wildman–Crippen LogP) is 5.94. The summed E-state index contributed by atoms with van der Waals surface area (Å²) in [4.78, 5) is 2.42. The summed E-state index contributed by atoms with van der Waals surface area (Å²) in [6, 6.07) is 16.7. The van der Waals surface area contributed by atoms with Crippen molar-refractivity contribution < 1.29 is 9.84 Å². The smallest absolute Gasteiger partial charge is 0.119 e. The van der Waals surface area contributed by atoms with E-state index in [1.54, 1.807) is 7.11 Å². The standard InChI is InChI=1S/C25H33NO2/c1-4-6-14-26(15-7-5-2)18-25(27)24-16-19-12-13-20(28-3)17-23(19)21-10-8-9-11-22(21)24/h8-13,16-17,25,27H,4-7,14-15,18H2,1-3H3. The van der Waals surface area contributed by atoms with Gasteiger partial charge in [0.1, 0.15) is 5.75 Å². The van der Waals surface area contributed by atoms with Crippen LogP contribution in [0.2, 0.25) is 0 Å². The van der Waals surface area contributed by atoms with Crippen molar-refractivity contribution in [2.24, 2.45) is 0 Å². The van der Waals surface area contributed by atoms with E-state index in [0.717, 1.165) is 35.2 Å². The van der Waals surface area contributed by atoms with E-state index in [2.05, 4.69) is 61.2 Å². The summed E-state index contributed by atoms with van der Waals surface area (Å²) in [6.07, 6.45) is 4.22. The molecule has 1 N–H and O–H groups in total. The maximum absolute atomic E-state index is 11.2. The number of aliphatic hydroxyl groups is 1. The lowest BCUT2D eigenvalue weighted by Crippen LogP contribution is -2.30. The maximum atomic E-state index is 11.2. The molecule has 0 saturated heterocycles. The van der Waals surface area contributed by atoms with Gasteiger partial charge >= 0.3 is 0 Å². The SMILES string of the molecule is CCCCN(CCCC)CC(O)c1cc2ccc(OC)cc2c2ccccc12. The molecule has 0 saturated carbocycles. The lowest BCUT2D eigenvalue weighted by Gasteiger charge is -2.26.